The summed E-state index contributed by atoms with van der Waals surface area (Å²) in [4.78, 5) is 15.8. The van der Waals surface area contributed by atoms with Gasteiger partial charge in [0, 0.05) is 19.6 Å². The van der Waals surface area contributed by atoms with Gasteiger partial charge in [-0.3, -0.25) is 9.69 Å². The van der Waals surface area contributed by atoms with Crippen molar-refractivity contribution in [1.82, 2.24) is 10.2 Å². The van der Waals surface area contributed by atoms with Crippen LogP contribution in [0.1, 0.15) is 28.9 Å². The molecule has 1 N–H and O–H groups in total. The lowest BCUT2D eigenvalue weighted by atomic mass is 10.0. The average Bonchev–Trinajstić information content (AvgIpc) is 2.85. The third-order valence-corrected chi connectivity index (χ3v) is 5.84. The fourth-order valence-electron chi connectivity index (χ4n) is 4.24. The second-order valence-corrected chi connectivity index (χ2v) is 7.74. The maximum absolute atomic E-state index is 13.4. The van der Waals surface area contributed by atoms with Crippen molar-refractivity contribution in [3.05, 3.63) is 71.8 Å². The molecule has 0 spiro atoms. The summed E-state index contributed by atoms with van der Waals surface area (Å²) in [6.45, 7) is 5.90. The number of hydrogen-bond donors (Lipinski definition) is 1. The summed E-state index contributed by atoms with van der Waals surface area (Å²) in [6, 6.07) is 19.8. The van der Waals surface area contributed by atoms with E-state index in [1.54, 1.807) is 7.11 Å². The highest BCUT2D eigenvalue weighted by Gasteiger charge is 2.25. The van der Waals surface area contributed by atoms with Crippen molar-refractivity contribution in [3.63, 3.8) is 0 Å². The molecular weight excluding hydrogens is 404 g/mol. The molecule has 0 aromatic heterocycles. The van der Waals surface area contributed by atoms with Crippen LogP contribution in [0.4, 0.5) is 0 Å². The molecule has 32 heavy (non-hydrogen) atoms. The third-order valence-electron chi connectivity index (χ3n) is 5.84. The van der Waals surface area contributed by atoms with Gasteiger partial charge in [-0.15, -0.1) is 0 Å². The first-order valence-electron chi connectivity index (χ1n) is 11.1. The van der Waals surface area contributed by atoms with E-state index in [9.17, 15) is 4.79 Å². The second-order valence-electron chi connectivity index (χ2n) is 7.74. The molecule has 1 aliphatic rings. The van der Waals surface area contributed by atoms with Gasteiger partial charge in [0.15, 0.2) is 0 Å². The summed E-state index contributed by atoms with van der Waals surface area (Å²) < 4.78 is 16.8. The van der Waals surface area contributed by atoms with Crippen molar-refractivity contribution >= 4 is 16.7 Å². The number of fused-ring (bicyclic) bond motifs is 1. The van der Waals surface area contributed by atoms with Gasteiger partial charge in [0.2, 0.25) is 0 Å². The molecule has 1 fully saturated rings. The quantitative estimate of drug-likeness (QED) is 0.580. The summed E-state index contributed by atoms with van der Waals surface area (Å²) in [5, 5.41) is 5.08. The van der Waals surface area contributed by atoms with Gasteiger partial charge < -0.3 is 19.5 Å². The van der Waals surface area contributed by atoms with Crippen LogP contribution in [0.15, 0.2) is 60.7 Å². The minimum Gasteiger partial charge on any atom is -0.497 e. The second kappa shape index (κ2) is 10.5. The largest absolute Gasteiger partial charge is 0.497 e. The monoisotopic (exact) mass is 434 g/mol. The molecule has 3 aromatic rings. The van der Waals surface area contributed by atoms with Gasteiger partial charge in [0.1, 0.15) is 11.5 Å². The van der Waals surface area contributed by atoms with Crippen molar-refractivity contribution in [2.75, 3.05) is 46.6 Å². The Hall–Kier alpha value is -3.09. The number of rotatable bonds is 8. The van der Waals surface area contributed by atoms with E-state index in [4.69, 9.17) is 14.2 Å². The number of methoxy groups -OCH3 is 1. The fourth-order valence-corrected chi connectivity index (χ4v) is 4.24. The molecule has 1 heterocycles. The van der Waals surface area contributed by atoms with Crippen LogP contribution >= 0.6 is 0 Å². The van der Waals surface area contributed by atoms with Gasteiger partial charge in [-0.1, -0.05) is 42.5 Å². The van der Waals surface area contributed by atoms with Crippen LogP contribution in [0.3, 0.4) is 0 Å². The van der Waals surface area contributed by atoms with Crippen LogP contribution in [0.2, 0.25) is 0 Å². The first kappa shape index (κ1) is 22.1. The normalized spacial score (nSPS) is 15.3. The van der Waals surface area contributed by atoms with E-state index < -0.39 is 0 Å². The van der Waals surface area contributed by atoms with Crippen LogP contribution in [-0.4, -0.2) is 57.4 Å². The number of nitrogens with one attached hydrogen (secondary N) is 1. The molecular formula is C26H30N2O4. The average molecular weight is 435 g/mol. The predicted octanol–water partition coefficient (Wildman–Crippen LogP) is 4.05. The van der Waals surface area contributed by atoms with E-state index >= 15 is 0 Å². The van der Waals surface area contributed by atoms with Gasteiger partial charge in [0.25, 0.3) is 5.91 Å². The summed E-state index contributed by atoms with van der Waals surface area (Å²) in [5.41, 5.74) is 1.69. The Balaban J connectivity index is 1.62. The van der Waals surface area contributed by atoms with Crippen LogP contribution in [0, 0.1) is 0 Å². The molecule has 1 saturated heterocycles. The number of morpholine rings is 1. The summed E-state index contributed by atoms with van der Waals surface area (Å²) in [7, 11) is 1.67. The highest BCUT2D eigenvalue weighted by Crippen LogP contribution is 2.29. The number of amides is 1. The molecule has 3 aromatic carbocycles. The first-order chi connectivity index (χ1) is 15.7. The maximum atomic E-state index is 13.4. The maximum Gasteiger partial charge on any atom is 0.255 e. The molecule has 1 atom stereocenters. The van der Waals surface area contributed by atoms with E-state index in [0.29, 0.717) is 37.7 Å². The number of ether oxygens (including phenoxy) is 3. The Labute approximate surface area is 189 Å². The van der Waals surface area contributed by atoms with Crippen molar-refractivity contribution in [1.29, 1.82) is 0 Å². The highest BCUT2D eigenvalue weighted by atomic mass is 16.5. The van der Waals surface area contributed by atoms with Crippen molar-refractivity contribution in [3.8, 4) is 11.5 Å². The van der Waals surface area contributed by atoms with Gasteiger partial charge >= 0.3 is 0 Å². The van der Waals surface area contributed by atoms with Crippen LogP contribution in [0.25, 0.3) is 10.8 Å². The zero-order chi connectivity index (χ0) is 22.3. The minimum atomic E-state index is -0.133. The molecule has 1 amide bonds. The standard InChI is InChI=1S/C26H30N2O4/c1-3-32-24-12-11-19-7-4-5-10-22(19)25(24)26(29)27-18-23(28-13-15-31-16-14-28)20-8-6-9-21(17-20)30-2/h4-12,17,23H,3,13-16,18H2,1-2H3,(H,27,29). The van der Waals surface area contributed by atoms with Gasteiger partial charge in [-0.2, -0.15) is 0 Å². The molecule has 0 aliphatic carbocycles. The van der Waals surface area contributed by atoms with Gasteiger partial charge in [-0.05, 0) is 41.5 Å². The minimum absolute atomic E-state index is 0.0171. The topological polar surface area (TPSA) is 60.0 Å². The first-order valence-corrected chi connectivity index (χ1v) is 11.1. The van der Waals surface area contributed by atoms with Crippen molar-refractivity contribution < 1.29 is 19.0 Å². The zero-order valence-corrected chi connectivity index (χ0v) is 18.7. The molecule has 0 saturated carbocycles. The number of hydrogen-bond acceptors (Lipinski definition) is 5. The number of benzene rings is 3. The van der Waals surface area contributed by atoms with Gasteiger partial charge in [-0.25, -0.2) is 0 Å². The zero-order valence-electron chi connectivity index (χ0n) is 18.7. The Morgan fingerprint density at radius 3 is 2.69 bits per heavy atom. The summed E-state index contributed by atoms with van der Waals surface area (Å²) >= 11 is 0. The van der Waals surface area contributed by atoms with Crippen molar-refractivity contribution in [2.24, 2.45) is 0 Å². The lowest BCUT2D eigenvalue weighted by molar-refractivity contribution is 0.0162. The molecule has 1 aliphatic heterocycles. The molecule has 4 rings (SSSR count). The van der Waals surface area contributed by atoms with E-state index in [2.05, 4.69) is 16.3 Å². The van der Waals surface area contributed by atoms with Crippen LogP contribution in [0.5, 0.6) is 11.5 Å². The molecule has 0 radical (unpaired) electrons. The number of nitrogens with zero attached hydrogens (tertiary/aromatic N) is 1. The van der Waals surface area contributed by atoms with E-state index in [1.165, 1.54) is 0 Å². The van der Waals surface area contributed by atoms with E-state index in [0.717, 1.165) is 35.2 Å². The summed E-state index contributed by atoms with van der Waals surface area (Å²) in [5.74, 6) is 1.28. The predicted molar refractivity (Wildman–Crippen MR) is 126 cm³/mol. The number of carbonyl (C=O) groups is 1. The smallest absolute Gasteiger partial charge is 0.255 e. The Morgan fingerprint density at radius 2 is 1.91 bits per heavy atom. The lowest BCUT2D eigenvalue weighted by Crippen LogP contribution is -2.43. The Morgan fingerprint density at radius 1 is 1.09 bits per heavy atom. The Kier molecular flexibility index (Phi) is 7.24. The van der Waals surface area contributed by atoms with Crippen LogP contribution < -0.4 is 14.8 Å². The number of carbonyl (C=O) groups excluding carboxylic acids is 1. The SMILES string of the molecule is CCOc1ccc2ccccc2c1C(=O)NCC(c1cccc(OC)c1)N1CCOCC1. The van der Waals surface area contributed by atoms with Crippen molar-refractivity contribution in [2.45, 2.75) is 13.0 Å². The molecule has 168 valence electrons. The highest BCUT2D eigenvalue weighted by molar-refractivity contribution is 6.09. The van der Waals surface area contributed by atoms with Gasteiger partial charge in [0.05, 0.1) is 38.5 Å². The molecule has 0 bridgehead atoms. The summed E-state index contributed by atoms with van der Waals surface area (Å²) in [6.07, 6.45) is 0. The fraction of sp³-hybridized carbons (Fsp3) is 0.346. The van der Waals surface area contributed by atoms with E-state index in [1.807, 2.05) is 61.5 Å². The Bertz CT molecular complexity index is 1060. The van der Waals surface area contributed by atoms with E-state index in [-0.39, 0.29) is 11.9 Å². The molecule has 6 heteroatoms. The van der Waals surface area contributed by atoms with Crippen LogP contribution in [-0.2, 0) is 4.74 Å². The lowest BCUT2D eigenvalue weighted by Gasteiger charge is -2.35. The molecule has 6 nitrogen and oxygen atoms in total. The third kappa shape index (κ3) is 4.87. The molecule has 1 unspecified atom stereocenters.